The number of esters is 4. The highest BCUT2D eigenvalue weighted by Crippen LogP contribution is 2.32. The highest BCUT2D eigenvalue weighted by atomic mass is 16.6. The Morgan fingerprint density at radius 2 is 1.93 bits per heavy atom. The maximum absolute atomic E-state index is 12.4. The van der Waals surface area contributed by atoms with Crippen LogP contribution in [0, 0.1) is 0 Å². The second-order valence-corrected chi connectivity index (χ2v) is 6.38. The van der Waals surface area contributed by atoms with E-state index in [1.165, 1.54) is 31.4 Å². The van der Waals surface area contributed by atoms with Crippen LogP contribution < -0.4 is 4.74 Å². The fourth-order valence-electron chi connectivity index (χ4n) is 2.92. The summed E-state index contributed by atoms with van der Waals surface area (Å²) in [6.45, 7) is 0. The van der Waals surface area contributed by atoms with Crippen molar-refractivity contribution < 1.29 is 48.0 Å². The molecular formula is C20H22O10. The molecule has 10 heteroatoms. The van der Waals surface area contributed by atoms with Crippen molar-refractivity contribution in [2.45, 2.75) is 31.0 Å². The molecule has 0 aliphatic carbocycles. The predicted octanol–water partition coefficient (Wildman–Crippen LogP) is 1.14. The molecule has 2 rings (SSSR count). The summed E-state index contributed by atoms with van der Waals surface area (Å²) in [6.07, 6.45) is 0.0722. The zero-order valence-corrected chi connectivity index (χ0v) is 16.7. The molecule has 0 aromatic heterocycles. The molecule has 1 heterocycles. The van der Waals surface area contributed by atoms with Gasteiger partial charge < -0.3 is 28.8 Å². The van der Waals surface area contributed by atoms with Gasteiger partial charge in [0.1, 0.15) is 0 Å². The lowest BCUT2D eigenvalue weighted by atomic mass is 9.91. The highest BCUT2D eigenvalue weighted by Gasteiger charge is 2.50. The largest absolute Gasteiger partial charge is 0.504 e. The van der Waals surface area contributed by atoms with E-state index in [2.05, 4.69) is 4.74 Å². The van der Waals surface area contributed by atoms with Gasteiger partial charge in [0, 0.05) is 25.3 Å². The SMILES string of the molecule is COC(=O)C1CC(OC(=O)/C=C/c2ccc(O)c(OC)c2)(C(=O)OC)CCC(=O)O1. The van der Waals surface area contributed by atoms with E-state index < -0.39 is 42.0 Å². The van der Waals surface area contributed by atoms with Crippen LogP contribution in [0.5, 0.6) is 11.5 Å². The van der Waals surface area contributed by atoms with Gasteiger partial charge in [-0.15, -0.1) is 0 Å². The fraction of sp³-hybridized carbons (Fsp3) is 0.400. The first-order chi connectivity index (χ1) is 14.2. The van der Waals surface area contributed by atoms with E-state index >= 15 is 0 Å². The van der Waals surface area contributed by atoms with Crippen LogP contribution in [0.2, 0.25) is 0 Å². The minimum absolute atomic E-state index is 0.0705. The van der Waals surface area contributed by atoms with Crippen molar-refractivity contribution in [1.82, 2.24) is 0 Å². The van der Waals surface area contributed by atoms with E-state index in [1.54, 1.807) is 0 Å². The van der Waals surface area contributed by atoms with Crippen molar-refractivity contribution >= 4 is 30.0 Å². The predicted molar refractivity (Wildman–Crippen MR) is 100 cm³/mol. The summed E-state index contributed by atoms with van der Waals surface area (Å²) < 4.78 is 24.7. The van der Waals surface area contributed by atoms with Crippen LogP contribution in [0.4, 0.5) is 0 Å². The lowest BCUT2D eigenvalue weighted by Crippen LogP contribution is -2.47. The Bertz CT molecular complexity index is 859. The van der Waals surface area contributed by atoms with Crippen molar-refractivity contribution in [2.75, 3.05) is 21.3 Å². The Morgan fingerprint density at radius 3 is 2.57 bits per heavy atom. The van der Waals surface area contributed by atoms with Gasteiger partial charge in [-0.2, -0.15) is 0 Å². The molecule has 0 radical (unpaired) electrons. The number of aromatic hydroxyl groups is 1. The van der Waals surface area contributed by atoms with Gasteiger partial charge in [-0.1, -0.05) is 6.07 Å². The number of rotatable bonds is 6. The smallest absolute Gasteiger partial charge is 0.350 e. The van der Waals surface area contributed by atoms with Crippen LogP contribution in [0.3, 0.4) is 0 Å². The van der Waals surface area contributed by atoms with Gasteiger partial charge >= 0.3 is 23.9 Å². The molecule has 1 fully saturated rings. The second-order valence-electron chi connectivity index (χ2n) is 6.38. The van der Waals surface area contributed by atoms with Gasteiger partial charge in [-0.05, 0) is 23.8 Å². The van der Waals surface area contributed by atoms with E-state index in [4.69, 9.17) is 18.9 Å². The standard InChI is InChI=1S/C20H22O10/c1-26-14-10-12(4-6-13(14)21)5-7-17(23)30-20(19(25)28-3)9-8-16(22)29-15(11-20)18(24)27-2/h4-7,10,15,21H,8-9,11H2,1-3H3/b7-5+. The third kappa shape index (κ3) is 5.28. The van der Waals surface area contributed by atoms with Crippen LogP contribution in [0.25, 0.3) is 6.08 Å². The van der Waals surface area contributed by atoms with Crippen LogP contribution in [-0.2, 0) is 38.1 Å². The molecule has 1 N–H and O–H groups in total. The first-order valence-electron chi connectivity index (χ1n) is 8.88. The van der Waals surface area contributed by atoms with E-state index in [-0.39, 0.29) is 24.3 Å². The number of hydrogen-bond acceptors (Lipinski definition) is 10. The second kappa shape index (κ2) is 9.77. The number of hydrogen-bond donors (Lipinski definition) is 1. The molecule has 0 amide bonds. The lowest BCUT2D eigenvalue weighted by Gasteiger charge is -2.29. The number of phenolic OH excluding ortho intramolecular Hbond substituents is 1. The number of ether oxygens (including phenoxy) is 5. The van der Waals surface area contributed by atoms with Crippen molar-refractivity contribution in [1.29, 1.82) is 0 Å². The van der Waals surface area contributed by atoms with E-state index in [0.717, 1.165) is 20.3 Å². The first-order valence-corrected chi connectivity index (χ1v) is 8.88. The number of benzene rings is 1. The Hall–Kier alpha value is -3.56. The fourth-order valence-corrected chi connectivity index (χ4v) is 2.92. The van der Waals surface area contributed by atoms with Gasteiger partial charge in [0.2, 0.25) is 11.7 Å². The van der Waals surface area contributed by atoms with Gasteiger partial charge in [0.15, 0.2) is 11.5 Å². The van der Waals surface area contributed by atoms with Crippen molar-refractivity contribution in [2.24, 2.45) is 0 Å². The van der Waals surface area contributed by atoms with Crippen LogP contribution in [0.15, 0.2) is 24.3 Å². The topological polar surface area (TPSA) is 135 Å². The zero-order valence-electron chi connectivity index (χ0n) is 16.7. The average molecular weight is 422 g/mol. The molecule has 1 aliphatic rings. The molecule has 30 heavy (non-hydrogen) atoms. The Kier molecular flexibility index (Phi) is 7.40. The Morgan fingerprint density at radius 1 is 1.20 bits per heavy atom. The van der Waals surface area contributed by atoms with Crippen molar-refractivity contribution in [3.8, 4) is 11.5 Å². The third-order valence-electron chi connectivity index (χ3n) is 4.45. The van der Waals surface area contributed by atoms with Gasteiger partial charge in [-0.25, -0.2) is 14.4 Å². The molecule has 1 aliphatic heterocycles. The summed E-state index contributed by atoms with van der Waals surface area (Å²) in [5, 5.41) is 9.62. The van der Waals surface area contributed by atoms with Gasteiger partial charge in [0.05, 0.1) is 21.3 Å². The Balaban J connectivity index is 2.26. The van der Waals surface area contributed by atoms with E-state index in [0.29, 0.717) is 5.56 Å². The van der Waals surface area contributed by atoms with Crippen LogP contribution in [-0.4, -0.2) is 62.0 Å². The van der Waals surface area contributed by atoms with E-state index in [9.17, 15) is 24.3 Å². The van der Waals surface area contributed by atoms with Gasteiger partial charge in [-0.3, -0.25) is 4.79 Å². The average Bonchev–Trinajstić information content (AvgIpc) is 2.91. The number of carbonyl (C=O) groups excluding carboxylic acids is 4. The summed E-state index contributed by atoms with van der Waals surface area (Å²) in [7, 11) is 3.57. The minimum atomic E-state index is -1.91. The quantitative estimate of drug-likeness (QED) is 0.404. The summed E-state index contributed by atoms with van der Waals surface area (Å²) in [5.74, 6) is -3.33. The molecule has 2 atom stereocenters. The number of cyclic esters (lactones) is 1. The van der Waals surface area contributed by atoms with E-state index in [1.807, 2.05) is 0 Å². The number of methoxy groups -OCH3 is 3. The minimum Gasteiger partial charge on any atom is -0.504 e. The maximum atomic E-state index is 12.4. The molecule has 162 valence electrons. The molecule has 10 nitrogen and oxygen atoms in total. The summed E-state index contributed by atoms with van der Waals surface area (Å²) in [4.78, 5) is 48.6. The molecule has 0 bridgehead atoms. The maximum Gasteiger partial charge on any atom is 0.350 e. The molecular weight excluding hydrogens is 400 g/mol. The third-order valence-corrected chi connectivity index (χ3v) is 4.45. The summed E-state index contributed by atoms with van der Waals surface area (Å²) >= 11 is 0. The summed E-state index contributed by atoms with van der Waals surface area (Å²) in [5.41, 5.74) is -1.39. The van der Waals surface area contributed by atoms with Crippen molar-refractivity contribution in [3.05, 3.63) is 29.8 Å². The molecule has 0 spiro atoms. The first kappa shape index (κ1) is 22.7. The summed E-state index contributed by atoms with van der Waals surface area (Å²) in [6, 6.07) is 4.40. The molecule has 2 unspecified atom stereocenters. The monoisotopic (exact) mass is 422 g/mol. The highest BCUT2D eigenvalue weighted by molar-refractivity contribution is 5.92. The molecule has 0 saturated carbocycles. The molecule has 1 saturated heterocycles. The Labute approximate surface area is 172 Å². The van der Waals surface area contributed by atoms with Crippen LogP contribution >= 0.6 is 0 Å². The molecule has 1 aromatic rings. The number of phenols is 1. The van der Waals surface area contributed by atoms with Gasteiger partial charge in [0.25, 0.3) is 0 Å². The van der Waals surface area contributed by atoms with Crippen molar-refractivity contribution in [3.63, 3.8) is 0 Å². The zero-order chi connectivity index (χ0) is 22.3. The van der Waals surface area contributed by atoms with Crippen LogP contribution in [0.1, 0.15) is 24.8 Å². The normalized spacial score (nSPS) is 21.3. The molecule has 1 aromatic carbocycles. The number of carbonyl (C=O) groups is 4. The lowest BCUT2D eigenvalue weighted by molar-refractivity contribution is -0.184.